The third-order valence-corrected chi connectivity index (χ3v) is 8.84. The Labute approximate surface area is 311 Å². The van der Waals surface area contributed by atoms with Gasteiger partial charge >= 0.3 is 0 Å². The molecule has 0 saturated carbocycles. The van der Waals surface area contributed by atoms with Crippen LogP contribution >= 0.6 is 0 Å². The van der Waals surface area contributed by atoms with E-state index in [2.05, 4.69) is 65.9 Å². The summed E-state index contributed by atoms with van der Waals surface area (Å²) < 4.78 is 0. The van der Waals surface area contributed by atoms with Crippen LogP contribution < -0.4 is 0 Å². The van der Waals surface area contributed by atoms with Gasteiger partial charge in [-0.3, -0.25) is 0 Å². The first kappa shape index (κ1) is 47.1. The minimum Gasteiger partial charge on any atom is -0.377 e. The molecule has 0 unspecified atom stereocenters. The Morgan fingerprint density at radius 1 is 0.400 bits per heavy atom. The van der Waals surface area contributed by atoms with Gasteiger partial charge in [-0.1, -0.05) is 162 Å². The van der Waals surface area contributed by atoms with Crippen LogP contribution in [0.25, 0.3) is 0 Å². The Morgan fingerprint density at radius 2 is 0.720 bits per heavy atom. The van der Waals surface area contributed by atoms with Crippen LogP contribution in [0.5, 0.6) is 0 Å². The molecule has 2 N–H and O–H groups in total. The van der Waals surface area contributed by atoms with Crippen LogP contribution in [-0.4, -0.2) is 22.4 Å². The van der Waals surface area contributed by atoms with Crippen LogP contribution in [0, 0.1) is 48.4 Å². The highest BCUT2D eigenvalue weighted by Gasteiger charge is 1.95. The van der Waals surface area contributed by atoms with Gasteiger partial charge in [0, 0.05) is 12.8 Å². The van der Waals surface area contributed by atoms with Gasteiger partial charge in [0.1, 0.15) is 6.10 Å². The van der Waals surface area contributed by atoms with Crippen molar-refractivity contribution < 1.29 is 10.2 Å². The number of aliphatic hydroxyl groups is 2. The summed E-state index contributed by atoms with van der Waals surface area (Å²) in [5.74, 6) is 16.6. The zero-order chi connectivity index (χ0) is 36.3. The van der Waals surface area contributed by atoms with Gasteiger partial charge in [0.05, 0.1) is 0 Å². The average Bonchev–Trinajstić information content (AvgIpc) is 3.12. The largest absolute Gasteiger partial charge is 0.377 e. The highest BCUT2D eigenvalue weighted by Crippen LogP contribution is 2.14. The minimum absolute atomic E-state index is 0.768. The first-order chi connectivity index (χ1) is 24.7. The number of hydrogen-bond donors (Lipinski definition) is 2. The normalized spacial score (nSPS) is 12.6. The lowest BCUT2D eigenvalue weighted by molar-refractivity contribution is 0.280. The molecular weight excluding hydrogens is 609 g/mol. The molecule has 50 heavy (non-hydrogen) atoms. The summed E-state index contributed by atoms with van der Waals surface area (Å²) in [5, 5.41) is 19.2. The first-order valence-corrected chi connectivity index (χ1v) is 20.6. The van der Waals surface area contributed by atoms with E-state index in [1.54, 1.807) is 6.08 Å². The van der Waals surface area contributed by atoms with E-state index in [4.69, 9.17) is 12.8 Å². The van der Waals surface area contributed by atoms with Crippen molar-refractivity contribution in [3.05, 3.63) is 48.6 Å². The predicted octanol–water partition coefficient (Wildman–Crippen LogP) is 12.9. The molecule has 0 aromatic carbocycles. The molecule has 278 valence electrons. The Bertz CT molecular complexity index is 1050. The van der Waals surface area contributed by atoms with Crippen LogP contribution in [-0.2, 0) is 0 Å². The zero-order valence-corrected chi connectivity index (χ0v) is 32.0. The number of unbranched alkanes of at least 4 members (excludes halogenated alkanes) is 26. The van der Waals surface area contributed by atoms with Gasteiger partial charge in [-0.05, 0) is 102 Å². The summed E-state index contributed by atoms with van der Waals surface area (Å²) in [6.45, 7) is 0. The smallest absolute Gasteiger partial charge is 0.176 e. The second kappa shape index (κ2) is 42.3. The maximum absolute atomic E-state index is 9.92. The molecule has 0 aliphatic carbocycles. The lowest BCUT2D eigenvalue weighted by atomic mass is 10.0. The molecule has 2 heteroatoms. The van der Waals surface area contributed by atoms with E-state index in [1.807, 2.05) is 12.2 Å². The second-order valence-corrected chi connectivity index (χ2v) is 13.6. The van der Waals surface area contributed by atoms with Crippen LogP contribution in [0.4, 0.5) is 0 Å². The van der Waals surface area contributed by atoms with Gasteiger partial charge in [-0.25, -0.2) is 0 Å². The summed E-state index contributed by atoms with van der Waals surface area (Å²) in [7, 11) is 0. The van der Waals surface area contributed by atoms with Crippen LogP contribution in [0.15, 0.2) is 48.6 Å². The lowest BCUT2D eigenvalue weighted by Crippen LogP contribution is -1.97. The monoisotopic (exact) mass is 683 g/mol. The fourth-order valence-electron chi connectivity index (χ4n) is 5.75. The van der Waals surface area contributed by atoms with Crippen molar-refractivity contribution in [1.82, 2.24) is 0 Å². The molecule has 0 spiro atoms. The number of terminal acetylenes is 2. The predicted molar refractivity (Wildman–Crippen MR) is 220 cm³/mol. The summed E-state index contributed by atoms with van der Waals surface area (Å²) in [6, 6.07) is 0. The van der Waals surface area contributed by atoms with Crippen molar-refractivity contribution in [2.45, 2.75) is 205 Å². The molecule has 0 aromatic rings. The quantitative estimate of drug-likeness (QED) is 0.0411. The fourth-order valence-corrected chi connectivity index (χ4v) is 5.75. The van der Waals surface area contributed by atoms with E-state index >= 15 is 0 Å². The van der Waals surface area contributed by atoms with E-state index in [9.17, 15) is 10.2 Å². The summed E-state index contributed by atoms with van der Waals surface area (Å²) >= 11 is 0. The highest BCUT2D eigenvalue weighted by atomic mass is 16.3. The van der Waals surface area contributed by atoms with E-state index in [-0.39, 0.29) is 0 Å². The van der Waals surface area contributed by atoms with E-state index in [0.29, 0.717) is 0 Å². The lowest BCUT2D eigenvalue weighted by Gasteiger charge is -2.03. The summed E-state index contributed by atoms with van der Waals surface area (Å²) in [4.78, 5) is 0. The van der Waals surface area contributed by atoms with Crippen molar-refractivity contribution in [1.29, 1.82) is 0 Å². The fraction of sp³-hybridized carbons (Fsp3) is 0.667. The topological polar surface area (TPSA) is 40.5 Å². The molecule has 0 aliphatic rings. The van der Waals surface area contributed by atoms with Crippen molar-refractivity contribution in [2.75, 3.05) is 0 Å². The highest BCUT2D eigenvalue weighted by molar-refractivity contribution is 5.19. The Balaban J connectivity index is 3.39. The van der Waals surface area contributed by atoms with E-state index < -0.39 is 12.2 Å². The standard InChI is InChI=1S/C48H74O2/c1-3-5-6-7-8-9-10-11-12-13-14-15-16-17-18-19-20-21-22-23-24-25-26-27-28-29-30-31-32-36-39-42-45-48(50)46-43-40-37-34-33-35-38-41-44-47(49)4-2/h1-2,5-6,23-24,29-30,41,44,47-50H,7-22,25-28,31-40H2/b6-5?,24-23?,30-29?,44-41+/t47-,48-/m1/s1. The SMILES string of the molecule is C#CC=CCCCCCCCCCCCCCCCCC=CCCCCC=CCCCCC#C[C@@H](O)C#CCCCCCC/C=C/[C@H](O)C#C. The van der Waals surface area contributed by atoms with Gasteiger partial charge in [0.2, 0.25) is 0 Å². The van der Waals surface area contributed by atoms with Crippen molar-refractivity contribution in [2.24, 2.45) is 0 Å². The maximum Gasteiger partial charge on any atom is 0.176 e. The van der Waals surface area contributed by atoms with Gasteiger partial charge in [0.15, 0.2) is 6.10 Å². The molecule has 0 rings (SSSR count). The van der Waals surface area contributed by atoms with Gasteiger partial charge < -0.3 is 10.2 Å². The summed E-state index contributed by atoms with van der Waals surface area (Å²) in [5.41, 5.74) is 0. The number of aliphatic hydroxyl groups excluding tert-OH is 2. The molecule has 0 aliphatic heterocycles. The molecule has 0 radical (unpaired) electrons. The molecule has 2 nitrogen and oxygen atoms in total. The second-order valence-electron chi connectivity index (χ2n) is 13.6. The number of hydrogen-bond acceptors (Lipinski definition) is 2. The molecule has 0 heterocycles. The third-order valence-electron chi connectivity index (χ3n) is 8.84. The maximum atomic E-state index is 9.92. The van der Waals surface area contributed by atoms with Crippen molar-refractivity contribution in [3.63, 3.8) is 0 Å². The molecule has 0 saturated heterocycles. The third kappa shape index (κ3) is 41.3. The number of allylic oxidation sites excluding steroid dienone is 7. The Kier molecular flexibility index (Phi) is 39.9. The van der Waals surface area contributed by atoms with Crippen LogP contribution in [0.2, 0.25) is 0 Å². The molecule has 0 aromatic heterocycles. The van der Waals surface area contributed by atoms with Crippen molar-refractivity contribution in [3.8, 4) is 48.4 Å². The molecule has 0 amide bonds. The van der Waals surface area contributed by atoms with Crippen LogP contribution in [0.1, 0.15) is 193 Å². The van der Waals surface area contributed by atoms with Gasteiger partial charge in [0.25, 0.3) is 0 Å². The van der Waals surface area contributed by atoms with Crippen LogP contribution in [0.3, 0.4) is 0 Å². The number of rotatable bonds is 33. The zero-order valence-electron chi connectivity index (χ0n) is 32.0. The van der Waals surface area contributed by atoms with Crippen molar-refractivity contribution >= 4 is 0 Å². The molecule has 0 fully saturated rings. The Morgan fingerprint density at radius 3 is 1.14 bits per heavy atom. The van der Waals surface area contributed by atoms with Gasteiger partial charge in [-0.2, -0.15) is 0 Å². The molecular formula is C48H74O2. The average molecular weight is 683 g/mol. The minimum atomic E-state index is -0.831. The Hall–Kier alpha value is -2.88. The van der Waals surface area contributed by atoms with E-state index in [1.165, 1.54) is 122 Å². The van der Waals surface area contributed by atoms with Gasteiger partial charge in [-0.15, -0.1) is 12.8 Å². The molecule has 0 bridgehead atoms. The first-order valence-electron chi connectivity index (χ1n) is 20.6. The summed E-state index contributed by atoms with van der Waals surface area (Å²) in [6.07, 6.45) is 62.9. The molecule has 2 atom stereocenters. The van der Waals surface area contributed by atoms with E-state index in [0.717, 1.165) is 70.6 Å².